The second kappa shape index (κ2) is 47.2. The zero-order valence-corrected chi connectivity index (χ0v) is 50.9. The van der Waals surface area contributed by atoms with Crippen molar-refractivity contribution in [2.45, 2.75) is 297 Å². The molecule has 0 unspecified atom stereocenters. The molecular weight excluding hydrogens is 829 g/mol. The molecule has 398 valence electrons. The number of benzene rings is 4. The van der Waals surface area contributed by atoms with Crippen LogP contribution >= 0.6 is 0 Å². The van der Waals surface area contributed by atoms with E-state index in [0.29, 0.717) is 16.2 Å². The van der Waals surface area contributed by atoms with Crippen molar-refractivity contribution in [1.29, 1.82) is 0 Å². The van der Waals surface area contributed by atoms with Gasteiger partial charge in [0.15, 0.2) is 0 Å². The van der Waals surface area contributed by atoms with Crippen molar-refractivity contribution >= 4 is 0 Å². The molecule has 0 heteroatoms. The molecule has 0 spiro atoms. The Morgan fingerprint density at radius 3 is 0.754 bits per heavy atom. The molecule has 4 aromatic rings. The Morgan fingerprint density at radius 1 is 0.261 bits per heavy atom. The molecule has 0 N–H and O–H groups in total. The summed E-state index contributed by atoms with van der Waals surface area (Å²) in [5, 5.41) is 0. The Kier molecular flexibility index (Phi) is 49.6. The summed E-state index contributed by atoms with van der Waals surface area (Å²) in [7, 11) is 0. The SMILES string of the molecule is CC.CC.CC.CC.CC1(C)CCC(C)(C)c2ccccc21.CC1(C)CCCc2ccccc21.CCCC.CCCC.CCCC.CCCC.c1ccc2c(c1)CCC2.c1ccc2c(c1)CCCC2. The largest absolute Gasteiger partial charge is 0.0683 e. The fourth-order valence-corrected chi connectivity index (χ4v) is 8.00. The van der Waals surface area contributed by atoms with Crippen LogP contribution in [0, 0.1) is 0 Å². The third-order valence-corrected chi connectivity index (χ3v) is 13.0. The highest BCUT2D eigenvalue weighted by atomic mass is 14.4. The molecule has 0 saturated heterocycles. The lowest BCUT2D eigenvalue weighted by atomic mass is 9.63. The molecule has 0 heterocycles. The van der Waals surface area contributed by atoms with Gasteiger partial charge in [-0.05, 0) is 138 Å². The Bertz CT molecular complexity index is 1560. The van der Waals surface area contributed by atoms with Gasteiger partial charge in [0.1, 0.15) is 0 Å². The fourth-order valence-electron chi connectivity index (χ4n) is 8.00. The minimum atomic E-state index is 0.367. The minimum Gasteiger partial charge on any atom is -0.0683 e. The van der Waals surface area contributed by atoms with Crippen LogP contribution in [0.4, 0.5) is 0 Å². The lowest BCUT2D eigenvalue weighted by Crippen LogP contribution is -2.33. The van der Waals surface area contributed by atoms with Crippen LogP contribution in [-0.2, 0) is 48.3 Å². The van der Waals surface area contributed by atoms with Gasteiger partial charge in [0.05, 0.1) is 0 Å². The molecule has 0 nitrogen and oxygen atoms in total. The number of aryl methyl sites for hydroxylation is 5. The maximum absolute atomic E-state index is 2.36. The molecule has 0 atom stereocenters. The lowest BCUT2D eigenvalue weighted by Gasteiger charge is -2.41. The van der Waals surface area contributed by atoms with Gasteiger partial charge >= 0.3 is 0 Å². The molecule has 0 fully saturated rings. The fraction of sp³-hybridized carbons (Fsp3) is 0.652. The summed E-state index contributed by atoms with van der Waals surface area (Å²) in [4.78, 5) is 0. The van der Waals surface area contributed by atoms with Crippen LogP contribution < -0.4 is 0 Å². The third kappa shape index (κ3) is 31.8. The summed E-state index contributed by atoms with van der Waals surface area (Å²) in [6, 6.07) is 35.4. The van der Waals surface area contributed by atoms with Gasteiger partial charge in [-0.15, -0.1) is 0 Å². The molecular formula is C69H122. The highest BCUT2D eigenvalue weighted by Gasteiger charge is 2.36. The van der Waals surface area contributed by atoms with Crippen molar-refractivity contribution in [2.24, 2.45) is 0 Å². The van der Waals surface area contributed by atoms with Crippen molar-refractivity contribution in [3.63, 3.8) is 0 Å². The number of fused-ring (bicyclic) bond motifs is 4. The Hall–Kier alpha value is -3.12. The van der Waals surface area contributed by atoms with Crippen molar-refractivity contribution < 1.29 is 0 Å². The molecule has 69 heavy (non-hydrogen) atoms. The van der Waals surface area contributed by atoms with Gasteiger partial charge in [-0.2, -0.15) is 0 Å². The maximum Gasteiger partial charge on any atom is -0.0100 e. The van der Waals surface area contributed by atoms with Crippen LogP contribution in [-0.4, -0.2) is 0 Å². The van der Waals surface area contributed by atoms with E-state index in [2.05, 4.69) is 194 Å². The van der Waals surface area contributed by atoms with Gasteiger partial charge in [-0.25, -0.2) is 0 Å². The van der Waals surface area contributed by atoms with Gasteiger partial charge in [0.2, 0.25) is 0 Å². The van der Waals surface area contributed by atoms with Crippen LogP contribution in [0.15, 0.2) is 97.1 Å². The first-order valence-electron chi connectivity index (χ1n) is 29.5. The average Bonchev–Trinajstić information content (AvgIpc) is 3.90. The molecule has 8 rings (SSSR count). The van der Waals surface area contributed by atoms with Gasteiger partial charge < -0.3 is 0 Å². The summed E-state index contributed by atoms with van der Waals surface area (Å²) >= 11 is 0. The molecule has 4 aliphatic carbocycles. The predicted molar refractivity (Wildman–Crippen MR) is 323 cm³/mol. The number of hydrogen-bond acceptors (Lipinski definition) is 0. The molecule has 0 amide bonds. The topological polar surface area (TPSA) is 0 Å². The zero-order valence-electron chi connectivity index (χ0n) is 50.9. The lowest BCUT2D eigenvalue weighted by molar-refractivity contribution is 0.332. The highest BCUT2D eigenvalue weighted by molar-refractivity contribution is 5.41. The maximum atomic E-state index is 2.36. The second-order valence-electron chi connectivity index (χ2n) is 19.8. The smallest absolute Gasteiger partial charge is 0.0100 e. The quantitative estimate of drug-likeness (QED) is 0.191. The molecule has 0 bridgehead atoms. The molecule has 0 radical (unpaired) electrons. The second-order valence-corrected chi connectivity index (χ2v) is 19.8. The molecule has 4 aliphatic rings. The third-order valence-electron chi connectivity index (χ3n) is 13.0. The molecule has 0 aromatic heterocycles. The molecule has 0 aliphatic heterocycles. The number of hydrogen-bond donors (Lipinski definition) is 0. The first-order chi connectivity index (χ1) is 33.2. The number of rotatable bonds is 4. The van der Waals surface area contributed by atoms with Crippen LogP contribution in [0.3, 0.4) is 0 Å². The normalized spacial score (nSPS) is 14.6. The van der Waals surface area contributed by atoms with Crippen LogP contribution in [0.5, 0.6) is 0 Å². The van der Waals surface area contributed by atoms with Crippen molar-refractivity contribution in [2.75, 3.05) is 0 Å². The van der Waals surface area contributed by atoms with E-state index in [9.17, 15) is 0 Å². The average molecular weight is 952 g/mol. The highest BCUT2D eigenvalue weighted by Crippen LogP contribution is 2.45. The summed E-state index contributed by atoms with van der Waals surface area (Å²) in [6.07, 6.45) is 26.5. The summed E-state index contributed by atoms with van der Waals surface area (Å²) in [6.45, 7) is 47.6. The Balaban J connectivity index is -0.000000357. The van der Waals surface area contributed by atoms with E-state index in [4.69, 9.17) is 0 Å². The van der Waals surface area contributed by atoms with E-state index >= 15 is 0 Å². The van der Waals surface area contributed by atoms with E-state index in [1.165, 1.54) is 128 Å². The van der Waals surface area contributed by atoms with Gasteiger partial charge in [0, 0.05) is 0 Å². The summed E-state index contributed by atoms with van der Waals surface area (Å²) in [5.74, 6) is 0. The van der Waals surface area contributed by atoms with Crippen LogP contribution in [0.2, 0.25) is 0 Å². The van der Waals surface area contributed by atoms with E-state index < -0.39 is 0 Å². The van der Waals surface area contributed by atoms with Crippen molar-refractivity contribution in [3.8, 4) is 0 Å². The predicted octanol–water partition coefficient (Wildman–Crippen LogP) is 23.4. The summed E-state index contributed by atoms with van der Waals surface area (Å²) < 4.78 is 0. The Labute approximate surface area is 436 Å². The molecule has 0 saturated carbocycles. The minimum absolute atomic E-state index is 0.367. The zero-order chi connectivity index (χ0) is 53.6. The van der Waals surface area contributed by atoms with Gasteiger partial charge in [-0.3, -0.25) is 0 Å². The molecule has 4 aromatic carbocycles. The van der Waals surface area contributed by atoms with Crippen LogP contribution in [0.1, 0.15) is 293 Å². The van der Waals surface area contributed by atoms with Crippen molar-refractivity contribution in [1.82, 2.24) is 0 Å². The first-order valence-corrected chi connectivity index (χ1v) is 29.5. The number of unbranched alkanes of at least 4 members (excludes halogenated alkanes) is 4. The Morgan fingerprint density at radius 2 is 0.478 bits per heavy atom. The summed E-state index contributed by atoms with van der Waals surface area (Å²) in [5.41, 5.74) is 13.7. The van der Waals surface area contributed by atoms with E-state index in [1.807, 2.05) is 55.4 Å². The monoisotopic (exact) mass is 951 g/mol. The van der Waals surface area contributed by atoms with Crippen LogP contribution in [0.25, 0.3) is 0 Å². The standard InChI is InChI=1S/C14H20.C12H16.C10H12.C9H10.4C4H10.4C2H6/c1-13(2)9-10-14(3,4)12-8-6-5-7-11(12)13;1-12(2)9-5-7-10-6-3-4-8-11(10)12;1-2-6-10-8-4-3-7-9(10)5-1;1-2-5-9-7-3-6-8(9)4-1;4*1-3-4-2;4*1-2/h5-8H,9-10H2,1-4H3;3-4,6,8H,5,7,9H2,1-2H3;1-2,5-6H,3-4,7-8H2;1-2,4-5H,3,6-7H2;4*3-4H2,1-2H3;4*1-2H3. The first kappa shape index (κ1) is 72.4. The van der Waals surface area contributed by atoms with E-state index in [0.717, 1.165) is 0 Å². The van der Waals surface area contributed by atoms with Gasteiger partial charge in [0.25, 0.3) is 0 Å². The van der Waals surface area contributed by atoms with Crippen molar-refractivity contribution in [3.05, 3.63) is 142 Å². The van der Waals surface area contributed by atoms with E-state index in [1.54, 1.807) is 44.5 Å². The van der Waals surface area contributed by atoms with E-state index in [-0.39, 0.29) is 0 Å². The van der Waals surface area contributed by atoms with Gasteiger partial charge in [-0.1, -0.05) is 301 Å².